The third-order valence-electron chi connectivity index (χ3n) is 2.49. The van der Waals surface area contributed by atoms with Crippen LogP contribution in [0, 0.1) is 12.7 Å². The van der Waals surface area contributed by atoms with E-state index < -0.39 is 5.60 Å². The van der Waals surface area contributed by atoms with Gasteiger partial charge >= 0.3 is 0 Å². The average molecular weight is 210 g/mol. The molecule has 0 spiro atoms. The van der Waals surface area contributed by atoms with Gasteiger partial charge in [0.1, 0.15) is 11.4 Å². The summed E-state index contributed by atoms with van der Waals surface area (Å²) in [5.41, 5.74) is 0.260. The molecule has 0 bridgehead atoms. The number of carbonyl (C=O) groups excluding carboxylic acids is 1. The van der Waals surface area contributed by atoms with Gasteiger partial charge in [-0.2, -0.15) is 0 Å². The van der Waals surface area contributed by atoms with E-state index in [0.717, 1.165) is 0 Å². The fourth-order valence-electron chi connectivity index (χ4n) is 1.30. The second kappa shape index (κ2) is 4.11. The molecule has 0 fully saturated rings. The predicted octanol–water partition coefficient (Wildman–Crippen LogP) is 2.74. The summed E-state index contributed by atoms with van der Waals surface area (Å²) in [7, 11) is 1.48. The Labute approximate surface area is 89.1 Å². The summed E-state index contributed by atoms with van der Waals surface area (Å²) in [4.78, 5) is 12.0. The summed E-state index contributed by atoms with van der Waals surface area (Å²) in [6.45, 7) is 5.10. The van der Waals surface area contributed by atoms with Gasteiger partial charge in [-0.15, -0.1) is 0 Å². The van der Waals surface area contributed by atoms with E-state index >= 15 is 0 Å². The molecule has 1 aromatic rings. The molecule has 0 heterocycles. The molecule has 2 nitrogen and oxygen atoms in total. The molecule has 3 heteroatoms. The number of halogens is 1. The molecular weight excluding hydrogens is 195 g/mol. The Morgan fingerprint density at radius 2 is 2.00 bits per heavy atom. The normalized spacial score (nSPS) is 11.5. The van der Waals surface area contributed by atoms with Gasteiger partial charge in [-0.25, -0.2) is 4.39 Å². The summed E-state index contributed by atoms with van der Waals surface area (Å²) in [6.07, 6.45) is 0. The van der Waals surface area contributed by atoms with Crippen LogP contribution in [0.4, 0.5) is 4.39 Å². The molecule has 1 aromatic carbocycles. The highest BCUT2D eigenvalue weighted by molar-refractivity contribution is 6.03. The highest BCUT2D eigenvalue weighted by Gasteiger charge is 2.29. The van der Waals surface area contributed by atoms with Gasteiger partial charge in [-0.05, 0) is 44.5 Å². The van der Waals surface area contributed by atoms with E-state index in [-0.39, 0.29) is 11.6 Å². The first-order valence-electron chi connectivity index (χ1n) is 4.74. The van der Waals surface area contributed by atoms with Crippen molar-refractivity contribution >= 4 is 5.78 Å². The molecule has 0 unspecified atom stereocenters. The molecule has 0 atom stereocenters. The van der Waals surface area contributed by atoms with Crippen molar-refractivity contribution in [1.82, 2.24) is 0 Å². The van der Waals surface area contributed by atoms with Crippen LogP contribution < -0.4 is 0 Å². The van der Waals surface area contributed by atoms with E-state index in [4.69, 9.17) is 4.74 Å². The third kappa shape index (κ3) is 2.42. The Balaban J connectivity index is 3.12. The number of Topliss-reactive ketones (excluding diaryl/α,β-unsaturated/α-hetero) is 1. The van der Waals surface area contributed by atoms with Gasteiger partial charge in [0.15, 0.2) is 5.78 Å². The molecule has 0 aliphatic rings. The van der Waals surface area contributed by atoms with Crippen LogP contribution in [0.5, 0.6) is 0 Å². The summed E-state index contributed by atoms with van der Waals surface area (Å²) < 4.78 is 17.9. The van der Waals surface area contributed by atoms with Gasteiger partial charge in [0.2, 0.25) is 0 Å². The standard InChI is InChI=1S/C12H15FO2/c1-8-7-9(13)5-6-10(8)11(14)12(2,3)15-4/h5-7H,1-4H3. The molecule has 0 amide bonds. The van der Waals surface area contributed by atoms with Crippen LogP contribution in [0.3, 0.4) is 0 Å². The lowest BCUT2D eigenvalue weighted by molar-refractivity contribution is 0.0227. The maximum Gasteiger partial charge on any atom is 0.194 e. The van der Waals surface area contributed by atoms with Crippen LogP contribution in [0.1, 0.15) is 29.8 Å². The van der Waals surface area contributed by atoms with E-state index in [1.165, 1.54) is 25.3 Å². The van der Waals surface area contributed by atoms with Crippen molar-refractivity contribution in [2.75, 3.05) is 7.11 Å². The maximum atomic E-state index is 12.8. The van der Waals surface area contributed by atoms with Gasteiger partial charge in [0.25, 0.3) is 0 Å². The Morgan fingerprint density at radius 1 is 1.40 bits per heavy atom. The number of ketones is 1. The summed E-state index contributed by atoms with van der Waals surface area (Å²) in [5.74, 6) is -0.471. The zero-order chi connectivity index (χ0) is 11.6. The van der Waals surface area contributed by atoms with E-state index in [1.54, 1.807) is 20.8 Å². The minimum atomic E-state index is -0.872. The Bertz CT molecular complexity index is 383. The quantitative estimate of drug-likeness (QED) is 0.717. The molecule has 0 saturated heterocycles. The largest absolute Gasteiger partial charge is 0.371 e. The number of methoxy groups -OCH3 is 1. The third-order valence-corrected chi connectivity index (χ3v) is 2.49. The summed E-state index contributed by atoms with van der Waals surface area (Å²) in [6, 6.07) is 4.12. The van der Waals surface area contributed by atoms with Crippen LogP contribution in [-0.4, -0.2) is 18.5 Å². The molecular formula is C12H15FO2. The zero-order valence-corrected chi connectivity index (χ0v) is 9.43. The minimum absolute atomic E-state index is 0.137. The SMILES string of the molecule is COC(C)(C)C(=O)c1ccc(F)cc1C. The van der Waals surface area contributed by atoms with Crippen LogP contribution >= 0.6 is 0 Å². The number of rotatable bonds is 3. The first kappa shape index (κ1) is 11.9. The van der Waals surface area contributed by atoms with Crippen LogP contribution in [0.15, 0.2) is 18.2 Å². The molecule has 0 aliphatic carbocycles. The lowest BCUT2D eigenvalue weighted by Crippen LogP contribution is -2.34. The molecule has 0 aromatic heterocycles. The molecule has 0 radical (unpaired) electrons. The summed E-state index contributed by atoms with van der Waals surface area (Å²) in [5, 5.41) is 0. The van der Waals surface area contributed by atoms with Gasteiger partial charge in [0.05, 0.1) is 0 Å². The molecule has 82 valence electrons. The summed E-state index contributed by atoms with van der Waals surface area (Å²) >= 11 is 0. The first-order valence-corrected chi connectivity index (χ1v) is 4.74. The molecule has 1 rings (SSSR count). The average Bonchev–Trinajstić information content (AvgIpc) is 2.17. The first-order chi connectivity index (χ1) is 6.88. The van der Waals surface area contributed by atoms with Crippen molar-refractivity contribution in [3.63, 3.8) is 0 Å². The second-order valence-corrected chi connectivity index (χ2v) is 4.00. The Morgan fingerprint density at radius 3 is 2.47 bits per heavy atom. The van der Waals surface area contributed by atoms with E-state index in [9.17, 15) is 9.18 Å². The van der Waals surface area contributed by atoms with Crippen LogP contribution in [0.2, 0.25) is 0 Å². The Hall–Kier alpha value is -1.22. The zero-order valence-electron chi connectivity index (χ0n) is 9.43. The molecule has 0 aliphatic heterocycles. The van der Waals surface area contributed by atoms with Crippen LogP contribution in [0.25, 0.3) is 0 Å². The van der Waals surface area contributed by atoms with Gasteiger partial charge < -0.3 is 4.74 Å². The highest BCUT2D eigenvalue weighted by atomic mass is 19.1. The highest BCUT2D eigenvalue weighted by Crippen LogP contribution is 2.19. The number of carbonyl (C=O) groups is 1. The van der Waals surface area contributed by atoms with E-state index in [1.807, 2.05) is 0 Å². The number of benzene rings is 1. The van der Waals surface area contributed by atoms with Gasteiger partial charge in [0, 0.05) is 12.7 Å². The second-order valence-electron chi connectivity index (χ2n) is 4.00. The fraction of sp³-hybridized carbons (Fsp3) is 0.417. The number of hydrogen-bond acceptors (Lipinski definition) is 2. The number of hydrogen-bond donors (Lipinski definition) is 0. The fourth-order valence-corrected chi connectivity index (χ4v) is 1.30. The lowest BCUT2D eigenvalue weighted by atomic mass is 9.93. The predicted molar refractivity (Wildman–Crippen MR) is 56.6 cm³/mol. The van der Waals surface area contributed by atoms with Gasteiger partial charge in [-0.3, -0.25) is 4.79 Å². The van der Waals surface area contributed by atoms with Crippen molar-refractivity contribution in [3.05, 3.63) is 35.1 Å². The lowest BCUT2D eigenvalue weighted by Gasteiger charge is -2.22. The van der Waals surface area contributed by atoms with E-state index in [0.29, 0.717) is 11.1 Å². The molecule has 0 saturated carbocycles. The van der Waals surface area contributed by atoms with Crippen LogP contribution in [-0.2, 0) is 4.74 Å². The van der Waals surface area contributed by atoms with E-state index in [2.05, 4.69) is 0 Å². The van der Waals surface area contributed by atoms with Crippen molar-refractivity contribution in [3.8, 4) is 0 Å². The smallest absolute Gasteiger partial charge is 0.194 e. The number of ether oxygens (including phenoxy) is 1. The molecule has 0 N–H and O–H groups in total. The van der Waals surface area contributed by atoms with Gasteiger partial charge in [-0.1, -0.05) is 0 Å². The Kier molecular flexibility index (Phi) is 3.25. The van der Waals surface area contributed by atoms with Crippen molar-refractivity contribution in [1.29, 1.82) is 0 Å². The molecule has 15 heavy (non-hydrogen) atoms. The minimum Gasteiger partial charge on any atom is -0.371 e. The maximum absolute atomic E-state index is 12.8. The van der Waals surface area contributed by atoms with Crippen molar-refractivity contribution in [2.24, 2.45) is 0 Å². The van der Waals surface area contributed by atoms with Crippen molar-refractivity contribution < 1.29 is 13.9 Å². The number of aryl methyl sites for hydroxylation is 1. The monoisotopic (exact) mass is 210 g/mol. The topological polar surface area (TPSA) is 26.3 Å². The van der Waals surface area contributed by atoms with Crippen molar-refractivity contribution in [2.45, 2.75) is 26.4 Å².